The normalized spacial score (nSPS) is 12.0. The maximum absolute atomic E-state index is 11.8. The Bertz CT molecular complexity index is 962. The van der Waals surface area contributed by atoms with Crippen molar-refractivity contribution in [3.05, 3.63) is 70.3 Å². The fraction of sp³-hybridized carbons (Fsp3) is 0.105. The van der Waals surface area contributed by atoms with Crippen LogP contribution in [0.3, 0.4) is 0 Å². The second kappa shape index (κ2) is 7.76. The van der Waals surface area contributed by atoms with E-state index in [0.29, 0.717) is 16.0 Å². The summed E-state index contributed by atoms with van der Waals surface area (Å²) < 4.78 is 1.85. The summed E-state index contributed by atoms with van der Waals surface area (Å²) in [6.07, 6.45) is 0. The number of aliphatic hydroxyl groups excluding tert-OH is 1. The van der Waals surface area contributed by atoms with Crippen LogP contribution < -0.4 is 0 Å². The molecule has 0 aliphatic carbocycles. The van der Waals surface area contributed by atoms with E-state index < -0.39 is 0 Å². The van der Waals surface area contributed by atoms with Gasteiger partial charge in [0.2, 0.25) is 5.16 Å². The molecule has 132 valence electrons. The average molecular weight is 386 g/mol. The highest BCUT2D eigenvalue weighted by atomic mass is 35.5. The summed E-state index contributed by atoms with van der Waals surface area (Å²) in [5.74, 6) is 0.345. The van der Waals surface area contributed by atoms with Crippen molar-refractivity contribution in [2.75, 3.05) is 0 Å². The standard InChI is InChI=1S/C19H16ClN3O2S/c1-12(24)17(13(2)25)26-19-22-21-18(14-8-10-15(20)11-9-14)23(19)16-6-4-3-5-7-16/h3-11,24H,1-2H3. The molecule has 1 aromatic heterocycles. The van der Waals surface area contributed by atoms with Gasteiger partial charge in [0, 0.05) is 16.3 Å². The highest BCUT2D eigenvalue weighted by Crippen LogP contribution is 2.33. The first-order valence-corrected chi connectivity index (χ1v) is 9.02. The van der Waals surface area contributed by atoms with Gasteiger partial charge in [-0.15, -0.1) is 10.2 Å². The van der Waals surface area contributed by atoms with Gasteiger partial charge in [-0.1, -0.05) is 29.8 Å². The summed E-state index contributed by atoms with van der Waals surface area (Å²) >= 11 is 7.07. The van der Waals surface area contributed by atoms with E-state index >= 15 is 0 Å². The van der Waals surface area contributed by atoms with E-state index in [4.69, 9.17) is 11.6 Å². The second-order valence-electron chi connectivity index (χ2n) is 5.56. The quantitative estimate of drug-likeness (QED) is 0.377. The number of carbonyl (C=O) groups excluding carboxylic acids is 1. The van der Waals surface area contributed by atoms with Crippen molar-refractivity contribution in [1.82, 2.24) is 14.8 Å². The van der Waals surface area contributed by atoms with Crippen molar-refractivity contribution in [1.29, 1.82) is 0 Å². The number of aliphatic hydroxyl groups is 1. The van der Waals surface area contributed by atoms with E-state index in [-0.39, 0.29) is 16.4 Å². The molecule has 0 radical (unpaired) electrons. The number of Topliss-reactive ketones (excluding diaryl/α,β-unsaturated/α-hetero) is 1. The van der Waals surface area contributed by atoms with Crippen LogP contribution in [0.1, 0.15) is 13.8 Å². The van der Waals surface area contributed by atoms with Gasteiger partial charge in [0.15, 0.2) is 11.6 Å². The molecule has 7 heteroatoms. The molecule has 0 saturated heterocycles. The lowest BCUT2D eigenvalue weighted by Gasteiger charge is -2.11. The van der Waals surface area contributed by atoms with Gasteiger partial charge >= 0.3 is 0 Å². The van der Waals surface area contributed by atoms with Crippen molar-refractivity contribution in [3.63, 3.8) is 0 Å². The van der Waals surface area contributed by atoms with Gasteiger partial charge in [-0.25, -0.2) is 0 Å². The maximum atomic E-state index is 11.8. The smallest absolute Gasteiger partial charge is 0.201 e. The van der Waals surface area contributed by atoms with Crippen molar-refractivity contribution in [2.24, 2.45) is 0 Å². The number of rotatable bonds is 5. The number of halogens is 1. The van der Waals surface area contributed by atoms with Crippen LogP contribution in [0.25, 0.3) is 17.1 Å². The minimum Gasteiger partial charge on any atom is -0.511 e. The number of allylic oxidation sites excluding steroid dienone is 2. The molecule has 0 amide bonds. The van der Waals surface area contributed by atoms with Gasteiger partial charge < -0.3 is 5.11 Å². The average Bonchev–Trinajstić information content (AvgIpc) is 3.04. The molecule has 0 spiro atoms. The molecule has 0 bridgehead atoms. The van der Waals surface area contributed by atoms with Crippen LogP contribution in [-0.4, -0.2) is 25.7 Å². The fourth-order valence-electron chi connectivity index (χ4n) is 2.42. The summed E-state index contributed by atoms with van der Waals surface area (Å²) in [5, 5.41) is 19.5. The lowest BCUT2D eigenvalue weighted by Crippen LogP contribution is -2.02. The van der Waals surface area contributed by atoms with E-state index in [9.17, 15) is 9.90 Å². The van der Waals surface area contributed by atoms with Crippen molar-refractivity contribution >= 4 is 29.1 Å². The molecule has 0 unspecified atom stereocenters. The fourth-order valence-corrected chi connectivity index (χ4v) is 3.39. The summed E-state index contributed by atoms with van der Waals surface area (Å²) in [6.45, 7) is 2.89. The van der Waals surface area contributed by atoms with Crippen molar-refractivity contribution in [3.8, 4) is 17.1 Å². The first-order valence-electron chi connectivity index (χ1n) is 7.83. The number of hydrogen-bond acceptors (Lipinski definition) is 5. The van der Waals surface area contributed by atoms with Crippen LogP contribution in [0, 0.1) is 0 Å². The molecular formula is C19H16ClN3O2S. The molecule has 0 saturated carbocycles. The van der Waals surface area contributed by atoms with E-state index in [1.165, 1.54) is 13.8 Å². The Morgan fingerprint density at radius 1 is 1.04 bits per heavy atom. The SMILES string of the molecule is CC(=O)C(Sc1nnc(-c2ccc(Cl)cc2)n1-c1ccccc1)=C(C)O. The second-order valence-corrected chi connectivity index (χ2v) is 6.97. The summed E-state index contributed by atoms with van der Waals surface area (Å²) in [6, 6.07) is 16.9. The Balaban J connectivity index is 2.16. The Labute approximate surface area is 160 Å². The zero-order valence-corrected chi connectivity index (χ0v) is 15.8. The van der Waals surface area contributed by atoms with Gasteiger partial charge in [0.05, 0.1) is 4.91 Å². The third-order valence-corrected chi connectivity index (χ3v) is 5.08. The van der Waals surface area contributed by atoms with Crippen LogP contribution >= 0.6 is 23.4 Å². The van der Waals surface area contributed by atoms with E-state index in [1.807, 2.05) is 47.0 Å². The Kier molecular flexibility index (Phi) is 5.44. The first-order chi connectivity index (χ1) is 12.5. The number of carbonyl (C=O) groups is 1. The largest absolute Gasteiger partial charge is 0.511 e. The van der Waals surface area contributed by atoms with Gasteiger partial charge in [-0.2, -0.15) is 0 Å². The van der Waals surface area contributed by atoms with E-state index in [1.54, 1.807) is 12.1 Å². The molecule has 1 heterocycles. The van der Waals surface area contributed by atoms with Gasteiger partial charge in [-0.3, -0.25) is 9.36 Å². The molecule has 0 aliphatic heterocycles. The number of ketones is 1. The molecular weight excluding hydrogens is 370 g/mol. The first kappa shape index (κ1) is 18.2. The number of hydrogen-bond donors (Lipinski definition) is 1. The van der Waals surface area contributed by atoms with Crippen molar-refractivity contribution in [2.45, 2.75) is 19.0 Å². The molecule has 0 atom stereocenters. The predicted molar refractivity (Wildman–Crippen MR) is 104 cm³/mol. The molecule has 0 fully saturated rings. The zero-order chi connectivity index (χ0) is 18.7. The molecule has 1 N–H and O–H groups in total. The third-order valence-electron chi connectivity index (χ3n) is 3.59. The van der Waals surface area contributed by atoms with E-state index in [2.05, 4.69) is 10.2 Å². The lowest BCUT2D eigenvalue weighted by molar-refractivity contribution is -0.113. The number of thioether (sulfide) groups is 1. The Morgan fingerprint density at radius 2 is 1.69 bits per heavy atom. The Hall–Kier alpha value is -2.57. The molecule has 3 rings (SSSR count). The number of benzene rings is 2. The number of aromatic nitrogens is 3. The molecule has 3 aromatic rings. The zero-order valence-electron chi connectivity index (χ0n) is 14.2. The van der Waals surface area contributed by atoms with Crippen LogP contribution in [0.4, 0.5) is 0 Å². The summed E-state index contributed by atoms with van der Waals surface area (Å²) in [7, 11) is 0. The van der Waals surface area contributed by atoms with Crippen LogP contribution in [0.15, 0.2) is 70.4 Å². The van der Waals surface area contributed by atoms with Crippen LogP contribution in [0.5, 0.6) is 0 Å². The highest BCUT2D eigenvalue weighted by molar-refractivity contribution is 8.03. The Morgan fingerprint density at radius 3 is 2.27 bits per heavy atom. The third kappa shape index (κ3) is 3.81. The van der Waals surface area contributed by atoms with Crippen LogP contribution in [-0.2, 0) is 4.79 Å². The monoisotopic (exact) mass is 385 g/mol. The van der Waals surface area contributed by atoms with Crippen LogP contribution in [0.2, 0.25) is 5.02 Å². The van der Waals surface area contributed by atoms with Gasteiger partial charge in [0.25, 0.3) is 0 Å². The minimum atomic E-state index is -0.231. The maximum Gasteiger partial charge on any atom is 0.201 e. The molecule has 26 heavy (non-hydrogen) atoms. The molecule has 2 aromatic carbocycles. The van der Waals surface area contributed by atoms with Gasteiger partial charge in [-0.05, 0) is 62.0 Å². The number of nitrogens with zero attached hydrogens (tertiary/aromatic N) is 3. The van der Waals surface area contributed by atoms with Gasteiger partial charge in [0.1, 0.15) is 5.76 Å². The lowest BCUT2D eigenvalue weighted by atomic mass is 10.2. The minimum absolute atomic E-state index is 0.0434. The predicted octanol–water partition coefficient (Wildman–Crippen LogP) is 5.06. The molecule has 5 nitrogen and oxygen atoms in total. The summed E-state index contributed by atoms with van der Waals surface area (Å²) in [4.78, 5) is 12.1. The topological polar surface area (TPSA) is 68.0 Å². The highest BCUT2D eigenvalue weighted by Gasteiger charge is 2.20. The van der Waals surface area contributed by atoms with Crippen molar-refractivity contribution < 1.29 is 9.90 Å². The molecule has 0 aliphatic rings. The number of para-hydroxylation sites is 1. The van der Waals surface area contributed by atoms with E-state index in [0.717, 1.165) is 23.0 Å². The summed E-state index contributed by atoms with van der Waals surface area (Å²) in [5.41, 5.74) is 1.69.